The van der Waals surface area contributed by atoms with Crippen molar-refractivity contribution < 1.29 is 19.1 Å². The van der Waals surface area contributed by atoms with Gasteiger partial charge in [-0.3, -0.25) is 19.7 Å². The van der Waals surface area contributed by atoms with Crippen LogP contribution in [0.2, 0.25) is 0 Å². The molecule has 4 rings (SSSR count). The number of morpholine rings is 1. The first-order valence-corrected chi connectivity index (χ1v) is 9.12. The minimum absolute atomic E-state index is 0.0384. The van der Waals surface area contributed by atoms with E-state index in [0.29, 0.717) is 31.2 Å². The van der Waals surface area contributed by atoms with Crippen LogP contribution in [0.25, 0.3) is 17.0 Å². The van der Waals surface area contributed by atoms with Crippen molar-refractivity contribution in [2.45, 2.75) is 6.54 Å². The van der Waals surface area contributed by atoms with Gasteiger partial charge in [-0.1, -0.05) is 18.2 Å². The molecule has 8 heteroatoms. The Balaban J connectivity index is 1.66. The molecule has 2 aliphatic heterocycles. The number of amides is 3. The van der Waals surface area contributed by atoms with Crippen LogP contribution >= 0.6 is 11.8 Å². The van der Waals surface area contributed by atoms with E-state index in [9.17, 15) is 14.4 Å². The molecular formula is C18H17N3O4S. The minimum Gasteiger partial charge on any atom is -0.378 e. The van der Waals surface area contributed by atoms with Gasteiger partial charge >= 0.3 is 0 Å². The summed E-state index contributed by atoms with van der Waals surface area (Å²) in [5, 5.41) is 2.82. The van der Waals surface area contributed by atoms with Gasteiger partial charge in [0.15, 0.2) is 0 Å². The predicted octanol–water partition coefficient (Wildman–Crippen LogP) is 1.82. The van der Waals surface area contributed by atoms with Crippen LogP contribution in [0.1, 0.15) is 5.56 Å². The fourth-order valence-electron chi connectivity index (χ4n) is 3.14. The summed E-state index contributed by atoms with van der Waals surface area (Å²) < 4.78 is 7.18. The smallest absolute Gasteiger partial charge is 0.290 e. The van der Waals surface area contributed by atoms with Crippen molar-refractivity contribution in [3.63, 3.8) is 0 Å². The van der Waals surface area contributed by atoms with Crippen molar-refractivity contribution in [2.24, 2.45) is 0 Å². The molecule has 1 aromatic carbocycles. The Morgan fingerprint density at radius 3 is 2.73 bits per heavy atom. The first-order chi connectivity index (χ1) is 12.6. The Hall–Kier alpha value is -2.58. The first-order valence-electron chi connectivity index (χ1n) is 8.30. The second-order valence-electron chi connectivity index (χ2n) is 6.07. The van der Waals surface area contributed by atoms with Gasteiger partial charge in [0.25, 0.3) is 11.1 Å². The molecule has 3 amide bonds. The highest BCUT2D eigenvalue weighted by Gasteiger charge is 2.25. The van der Waals surface area contributed by atoms with Gasteiger partial charge in [0.2, 0.25) is 5.91 Å². The lowest BCUT2D eigenvalue weighted by atomic mass is 10.1. The summed E-state index contributed by atoms with van der Waals surface area (Å²) >= 11 is 0.886. The lowest BCUT2D eigenvalue weighted by Crippen LogP contribution is -2.42. The Bertz CT molecular complexity index is 928. The quantitative estimate of drug-likeness (QED) is 0.833. The van der Waals surface area contributed by atoms with E-state index in [1.165, 1.54) is 0 Å². The highest BCUT2D eigenvalue weighted by Crippen LogP contribution is 2.29. The zero-order valence-corrected chi connectivity index (χ0v) is 14.8. The van der Waals surface area contributed by atoms with Crippen molar-refractivity contribution in [3.05, 3.63) is 40.9 Å². The molecule has 0 radical (unpaired) electrons. The molecule has 0 atom stereocenters. The van der Waals surface area contributed by atoms with E-state index in [-0.39, 0.29) is 23.6 Å². The molecule has 0 bridgehead atoms. The molecule has 2 fully saturated rings. The number of nitrogens with one attached hydrogen (secondary N) is 1. The molecule has 0 spiro atoms. The third kappa shape index (κ3) is 3.25. The van der Waals surface area contributed by atoms with E-state index in [4.69, 9.17) is 4.74 Å². The fourth-order valence-corrected chi connectivity index (χ4v) is 3.81. The Kier molecular flexibility index (Phi) is 4.52. The number of carbonyl (C=O) groups is 3. The predicted molar refractivity (Wildman–Crippen MR) is 98.4 cm³/mol. The lowest BCUT2D eigenvalue weighted by molar-refractivity contribution is -0.135. The summed E-state index contributed by atoms with van der Waals surface area (Å²) in [4.78, 5) is 37.9. The molecule has 1 aromatic heterocycles. The number of benzene rings is 1. The lowest BCUT2D eigenvalue weighted by Gasteiger charge is -2.27. The van der Waals surface area contributed by atoms with Crippen molar-refractivity contribution >= 4 is 45.8 Å². The highest BCUT2D eigenvalue weighted by molar-refractivity contribution is 8.18. The number of nitrogens with zero attached hydrogens (tertiary/aromatic N) is 2. The molecular weight excluding hydrogens is 354 g/mol. The van der Waals surface area contributed by atoms with Crippen molar-refractivity contribution in [3.8, 4) is 0 Å². The maximum Gasteiger partial charge on any atom is 0.290 e. The van der Waals surface area contributed by atoms with E-state index >= 15 is 0 Å². The summed E-state index contributed by atoms with van der Waals surface area (Å²) in [6.45, 7) is 2.56. The number of fused-ring (bicyclic) bond motifs is 1. The van der Waals surface area contributed by atoms with Crippen LogP contribution in [0.3, 0.4) is 0 Å². The standard InChI is InChI=1S/C18H17N3O4S/c22-16(20-5-7-25-8-6-20)11-21-10-12(13-3-1-2-4-14(13)21)9-15-17(23)19-18(24)26-15/h1-4,9-10H,5-8,11H2,(H,19,23,24). The third-order valence-corrected chi connectivity index (χ3v) is 5.23. The third-order valence-electron chi connectivity index (χ3n) is 4.42. The molecule has 0 saturated carbocycles. The van der Waals surface area contributed by atoms with Crippen molar-refractivity contribution in [1.29, 1.82) is 0 Å². The topological polar surface area (TPSA) is 80.6 Å². The SMILES string of the molecule is O=C1NC(=O)C(=Cc2cn(CC(=O)N3CCOCC3)c3ccccc23)S1. The van der Waals surface area contributed by atoms with Gasteiger partial charge in [-0.25, -0.2) is 0 Å². The van der Waals surface area contributed by atoms with Crippen LogP contribution in [0.15, 0.2) is 35.4 Å². The summed E-state index contributed by atoms with van der Waals surface area (Å²) in [5.41, 5.74) is 1.72. The molecule has 2 saturated heterocycles. The number of para-hydroxylation sites is 1. The van der Waals surface area contributed by atoms with Gasteiger partial charge in [-0.2, -0.15) is 0 Å². The first kappa shape index (κ1) is 16.9. The van der Waals surface area contributed by atoms with Crippen LogP contribution in [0.5, 0.6) is 0 Å². The van der Waals surface area contributed by atoms with Crippen LogP contribution in [-0.4, -0.2) is 52.8 Å². The number of ether oxygens (including phenoxy) is 1. The summed E-state index contributed by atoms with van der Waals surface area (Å²) in [6, 6.07) is 7.70. The number of thioether (sulfide) groups is 1. The van der Waals surface area contributed by atoms with Gasteiger partial charge in [0, 0.05) is 35.8 Å². The number of hydrogen-bond acceptors (Lipinski definition) is 5. The maximum atomic E-state index is 12.6. The molecule has 2 aliphatic rings. The second kappa shape index (κ2) is 6.97. The van der Waals surface area contributed by atoms with E-state index in [2.05, 4.69) is 5.32 Å². The van der Waals surface area contributed by atoms with Crippen LogP contribution in [0.4, 0.5) is 4.79 Å². The Morgan fingerprint density at radius 2 is 2.00 bits per heavy atom. The number of rotatable bonds is 3. The summed E-state index contributed by atoms with van der Waals surface area (Å²) in [7, 11) is 0. The van der Waals surface area contributed by atoms with Gasteiger partial charge in [0.05, 0.1) is 18.1 Å². The van der Waals surface area contributed by atoms with E-state index < -0.39 is 0 Å². The monoisotopic (exact) mass is 371 g/mol. The average molecular weight is 371 g/mol. The maximum absolute atomic E-state index is 12.6. The molecule has 2 aromatic rings. The number of carbonyl (C=O) groups excluding carboxylic acids is 3. The Labute approximate surface area is 154 Å². The van der Waals surface area contributed by atoms with E-state index in [1.807, 2.05) is 35.0 Å². The molecule has 1 N–H and O–H groups in total. The molecule has 0 unspecified atom stereocenters. The van der Waals surface area contributed by atoms with Crippen LogP contribution < -0.4 is 5.32 Å². The van der Waals surface area contributed by atoms with Crippen molar-refractivity contribution in [1.82, 2.24) is 14.8 Å². The normalized spacial score (nSPS) is 19.4. The number of aromatic nitrogens is 1. The molecule has 3 heterocycles. The van der Waals surface area contributed by atoms with Crippen LogP contribution in [-0.2, 0) is 20.9 Å². The number of imide groups is 1. The molecule has 0 aliphatic carbocycles. The molecule has 26 heavy (non-hydrogen) atoms. The fraction of sp³-hybridized carbons (Fsp3) is 0.278. The van der Waals surface area contributed by atoms with Crippen molar-refractivity contribution in [2.75, 3.05) is 26.3 Å². The van der Waals surface area contributed by atoms with E-state index in [0.717, 1.165) is 28.2 Å². The Morgan fingerprint density at radius 1 is 1.23 bits per heavy atom. The zero-order chi connectivity index (χ0) is 18.1. The summed E-state index contributed by atoms with van der Waals surface area (Å²) in [6.07, 6.45) is 3.55. The summed E-state index contributed by atoms with van der Waals surface area (Å²) in [5.74, 6) is -0.349. The van der Waals surface area contributed by atoms with Crippen LogP contribution in [0, 0.1) is 0 Å². The second-order valence-corrected chi connectivity index (χ2v) is 7.09. The zero-order valence-electron chi connectivity index (χ0n) is 13.9. The highest BCUT2D eigenvalue weighted by atomic mass is 32.2. The van der Waals surface area contributed by atoms with Gasteiger partial charge in [-0.05, 0) is 23.9 Å². The molecule has 134 valence electrons. The van der Waals surface area contributed by atoms with Gasteiger partial charge < -0.3 is 14.2 Å². The largest absolute Gasteiger partial charge is 0.378 e. The molecule has 7 nitrogen and oxygen atoms in total. The van der Waals surface area contributed by atoms with E-state index in [1.54, 1.807) is 11.0 Å². The minimum atomic E-state index is -0.388. The average Bonchev–Trinajstić information content (AvgIpc) is 3.16. The van der Waals surface area contributed by atoms with Gasteiger partial charge in [-0.15, -0.1) is 0 Å². The number of hydrogen-bond donors (Lipinski definition) is 1. The van der Waals surface area contributed by atoms with Gasteiger partial charge in [0.1, 0.15) is 6.54 Å².